The SMILES string of the molecule is NC(OC=O)C(=O)NCC1c2[nH]c3ccc(Cl)cc3c2CCN1C(=O)c1cccc(Cl)c1. The van der Waals surface area contributed by atoms with Crippen LogP contribution in [0.2, 0.25) is 10.0 Å². The first-order valence-electron chi connectivity index (χ1n) is 9.88. The van der Waals surface area contributed by atoms with E-state index in [2.05, 4.69) is 15.0 Å². The number of rotatable bonds is 6. The van der Waals surface area contributed by atoms with Gasteiger partial charge in [-0.2, -0.15) is 0 Å². The number of fused-ring (bicyclic) bond motifs is 3. The Hall–Kier alpha value is -3.07. The van der Waals surface area contributed by atoms with E-state index in [-0.39, 0.29) is 18.9 Å². The Morgan fingerprint density at radius 1 is 1.25 bits per heavy atom. The highest BCUT2D eigenvalue weighted by atomic mass is 35.5. The van der Waals surface area contributed by atoms with Gasteiger partial charge in [-0.05, 0) is 48.4 Å². The molecule has 32 heavy (non-hydrogen) atoms. The first-order chi connectivity index (χ1) is 15.4. The molecular weight excluding hydrogens is 455 g/mol. The van der Waals surface area contributed by atoms with Crippen molar-refractivity contribution < 1.29 is 19.1 Å². The lowest BCUT2D eigenvalue weighted by Crippen LogP contribution is -2.48. The summed E-state index contributed by atoms with van der Waals surface area (Å²) in [5, 5.41) is 4.70. The Morgan fingerprint density at radius 3 is 2.78 bits per heavy atom. The molecule has 0 bridgehead atoms. The molecule has 0 radical (unpaired) electrons. The van der Waals surface area contributed by atoms with E-state index in [0.29, 0.717) is 28.6 Å². The van der Waals surface area contributed by atoms with E-state index < -0.39 is 18.2 Å². The molecule has 8 nitrogen and oxygen atoms in total. The number of nitrogens with two attached hydrogens (primary N) is 1. The standard InChI is InChI=1S/C22H20Cl2N4O4/c23-13-3-1-2-12(8-13)22(31)28-7-6-15-16-9-14(24)4-5-17(16)27-19(15)18(28)10-26-21(30)20(25)32-11-29/h1-5,8-9,11,18,20,27H,6-7,10,25H2,(H,26,30). The van der Waals surface area contributed by atoms with Gasteiger partial charge in [-0.25, -0.2) is 0 Å². The van der Waals surface area contributed by atoms with Gasteiger partial charge < -0.3 is 19.9 Å². The number of carbonyl (C=O) groups is 3. The van der Waals surface area contributed by atoms with Gasteiger partial charge >= 0.3 is 0 Å². The molecule has 166 valence electrons. The van der Waals surface area contributed by atoms with Crippen LogP contribution < -0.4 is 11.1 Å². The number of carbonyl (C=O) groups excluding carboxylic acids is 3. The predicted octanol–water partition coefficient (Wildman–Crippen LogP) is 2.79. The van der Waals surface area contributed by atoms with Crippen LogP contribution in [0.5, 0.6) is 0 Å². The van der Waals surface area contributed by atoms with E-state index in [1.165, 1.54) is 0 Å². The number of ether oxygens (including phenoxy) is 1. The van der Waals surface area contributed by atoms with E-state index in [1.54, 1.807) is 35.2 Å². The van der Waals surface area contributed by atoms with Crippen LogP contribution in [0.15, 0.2) is 42.5 Å². The number of H-pyrrole nitrogens is 1. The summed E-state index contributed by atoms with van der Waals surface area (Å²) in [7, 11) is 0. The minimum absolute atomic E-state index is 0.0641. The van der Waals surface area contributed by atoms with Crippen molar-refractivity contribution >= 4 is 52.4 Å². The summed E-state index contributed by atoms with van der Waals surface area (Å²) in [5.74, 6) is -0.888. The average molecular weight is 475 g/mol. The minimum atomic E-state index is -1.44. The Labute approximate surface area is 193 Å². The first kappa shape index (κ1) is 22.1. The summed E-state index contributed by atoms with van der Waals surface area (Å²) in [6.07, 6.45) is -0.825. The molecule has 2 atom stereocenters. The third kappa shape index (κ3) is 4.29. The van der Waals surface area contributed by atoms with Gasteiger partial charge in [-0.15, -0.1) is 0 Å². The van der Waals surface area contributed by atoms with Crippen LogP contribution in [0.3, 0.4) is 0 Å². The van der Waals surface area contributed by atoms with Crippen molar-refractivity contribution in [1.82, 2.24) is 15.2 Å². The maximum Gasteiger partial charge on any atom is 0.295 e. The zero-order valence-electron chi connectivity index (χ0n) is 16.8. The molecule has 0 fully saturated rings. The van der Waals surface area contributed by atoms with Gasteiger partial charge in [-0.1, -0.05) is 29.3 Å². The van der Waals surface area contributed by atoms with Crippen LogP contribution in [-0.2, 0) is 20.7 Å². The fourth-order valence-corrected chi connectivity index (χ4v) is 4.36. The van der Waals surface area contributed by atoms with Crippen molar-refractivity contribution in [3.05, 3.63) is 69.3 Å². The second-order valence-electron chi connectivity index (χ2n) is 7.38. The number of nitrogens with zero attached hydrogens (tertiary/aromatic N) is 1. The maximum absolute atomic E-state index is 13.3. The van der Waals surface area contributed by atoms with Crippen LogP contribution in [0.25, 0.3) is 10.9 Å². The lowest BCUT2D eigenvalue weighted by molar-refractivity contribution is -0.144. The molecule has 1 aromatic heterocycles. The van der Waals surface area contributed by atoms with E-state index in [0.717, 1.165) is 22.2 Å². The van der Waals surface area contributed by atoms with Crippen LogP contribution >= 0.6 is 23.2 Å². The highest BCUT2D eigenvalue weighted by molar-refractivity contribution is 6.31. The monoisotopic (exact) mass is 474 g/mol. The summed E-state index contributed by atoms with van der Waals surface area (Å²) in [4.78, 5) is 41.1. The van der Waals surface area contributed by atoms with Gasteiger partial charge in [0.2, 0.25) is 6.23 Å². The largest absolute Gasteiger partial charge is 0.439 e. The number of hydrogen-bond acceptors (Lipinski definition) is 5. The fourth-order valence-electron chi connectivity index (χ4n) is 4.00. The van der Waals surface area contributed by atoms with E-state index >= 15 is 0 Å². The molecule has 1 aliphatic rings. The lowest BCUT2D eigenvalue weighted by Gasteiger charge is -2.36. The van der Waals surface area contributed by atoms with Crippen molar-refractivity contribution in [2.24, 2.45) is 5.73 Å². The van der Waals surface area contributed by atoms with Gasteiger partial charge in [-0.3, -0.25) is 20.1 Å². The minimum Gasteiger partial charge on any atom is -0.439 e. The normalized spacial score (nSPS) is 16.3. The fraction of sp³-hybridized carbons (Fsp3) is 0.227. The number of aromatic amines is 1. The van der Waals surface area contributed by atoms with E-state index in [9.17, 15) is 14.4 Å². The van der Waals surface area contributed by atoms with Gasteiger partial charge in [0.05, 0.1) is 6.04 Å². The Balaban J connectivity index is 1.70. The zero-order valence-corrected chi connectivity index (χ0v) is 18.3. The molecule has 0 saturated carbocycles. The molecular formula is C22H20Cl2N4O4. The van der Waals surface area contributed by atoms with Crippen molar-refractivity contribution in [2.75, 3.05) is 13.1 Å². The number of aromatic nitrogens is 1. The number of nitrogens with one attached hydrogen (secondary N) is 2. The average Bonchev–Trinajstić information content (AvgIpc) is 3.15. The van der Waals surface area contributed by atoms with Crippen molar-refractivity contribution in [3.8, 4) is 0 Å². The van der Waals surface area contributed by atoms with Gasteiger partial charge in [0.15, 0.2) is 0 Å². The molecule has 3 aromatic rings. The van der Waals surface area contributed by atoms with Crippen LogP contribution in [0, 0.1) is 0 Å². The highest BCUT2D eigenvalue weighted by Crippen LogP contribution is 2.36. The van der Waals surface area contributed by atoms with E-state index in [1.807, 2.05) is 12.1 Å². The Kier molecular flexibility index (Phi) is 6.36. The topological polar surface area (TPSA) is 118 Å². The van der Waals surface area contributed by atoms with Crippen molar-refractivity contribution in [3.63, 3.8) is 0 Å². The second-order valence-corrected chi connectivity index (χ2v) is 8.25. The molecule has 2 amide bonds. The highest BCUT2D eigenvalue weighted by Gasteiger charge is 2.34. The van der Waals surface area contributed by atoms with Crippen molar-refractivity contribution in [2.45, 2.75) is 18.7 Å². The Bertz CT molecular complexity index is 1200. The van der Waals surface area contributed by atoms with Crippen LogP contribution in [0.1, 0.15) is 27.7 Å². The van der Waals surface area contributed by atoms with Crippen LogP contribution in [0.4, 0.5) is 0 Å². The van der Waals surface area contributed by atoms with Gasteiger partial charge in [0, 0.05) is 45.3 Å². The number of benzene rings is 2. The smallest absolute Gasteiger partial charge is 0.295 e. The summed E-state index contributed by atoms with van der Waals surface area (Å²) in [6, 6.07) is 11.7. The summed E-state index contributed by atoms with van der Waals surface area (Å²) in [5.41, 5.74) is 8.69. The third-order valence-electron chi connectivity index (χ3n) is 5.48. The van der Waals surface area contributed by atoms with E-state index in [4.69, 9.17) is 28.9 Å². The molecule has 2 aromatic carbocycles. The third-order valence-corrected chi connectivity index (χ3v) is 5.95. The number of hydrogen-bond donors (Lipinski definition) is 3. The number of halogens is 2. The van der Waals surface area contributed by atoms with Gasteiger partial charge in [0.25, 0.3) is 18.3 Å². The molecule has 0 spiro atoms. The summed E-state index contributed by atoms with van der Waals surface area (Å²) < 4.78 is 4.50. The molecule has 0 aliphatic carbocycles. The predicted molar refractivity (Wildman–Crippen MR) is 120 cm³/mol. The lowest BCUT2D eigenvalue weighted by atomic mass is 9.96. The van der Waals surface area contributed by atoms with Crippen LogP contribution in [-0.4, -0.2) is 47.5 Å². The molecule has 0 saturated heterocycles. The quantitative estimate of drug-likeness (QED) is 0.375. The molecule has 1 aliphatic heterocycles. The van der Waals surface area contributed by atoms with Gasteiger partial charge in [0.1, 0.15) is 0 Å². The molecule has 4 rings (SSSR count). The molecule has 2 heterocycles. The Morgan fingerprint density at radius 2 is 2.03 bits per heavy atom. The first-order valence-corrected chi connectivity index (χ1v) is 10.6. The maximum atomic E-state index is 13.3. The van der Waals surface area contributed by atoms with Crippen molar-refractivity contribution in [1.29, 1.82) is 0 Å². The molecule has 2 unspecified atom stereocenters. The second kappa shape index (κ2) is 9.20. The summed E-state index contributed by atoms with van der Waals surface area (Å²) >= 11 is 12.3. The summed E-state index contributed by atoms with van der Waals surface area (Å²) in [6.45, 7) is 0.600. The number of amides is 2. The molecule has 10 heteroatoms. The molecule has 4 N–H and O–H groups in total. The zero-order chi connectivity index (χ0) is 22.8.